The highest BCUT2D eigenvalue weighted by molar-refractivity contribution is 9.10. The number of ether oxygens (including phenoxy) is 1. The van der Waals surface area contributed by atoms with Gasteiger partial charge in [0.2, 0.25) is 0 Å². The fourth-order valence-corrected chi connectivity index (χ4v) is 4.74. The van der Waals surface area contributed by atoms with Crippen molar-refractivity contribution in [1.29, 1.82) is 0 Å². The molecule has 0 spiro atoms. The van der Waals surface area contributed by atoms with Gasteiger partial charge in [0.25, 0.3) is 0 Å². The number of hydrogen-bond acceptors (Lipinski definition) is 2. The van der Waals surface area contributed by atoms with Crippen molar-refractivity contribution in [2.45, 2.75) is 43.9 Å². The fraction of sp³-hybridized carbons (Fsp3) is 0.526. The summed E-state index contributed by atoms with van der Waals surface area (Å²) in [5.41, 5.74) is 1.00. The maximum Gasteiger partial charge on any atom is 0.153 e. The van der Waals surface area contributed by atoms with E-state index in [4.69, 9.17) is 4.74 Å². The zero-order valence-electron chi connectivity index (χ0n) is 13.1. The number of carbonyl (C=O) groups is 1. The van der Waals surface area contributed by atoms with Gasteiger partial charge in [-0.25, -0.2) is 0 Å². The van der Waals surface area contributed by atoms with Crippen LogP contribution < -0.4 is 0 Å². The Bertz CT molecular complexity index is 566. The number of allylic oxidation sites excluding steroid dienone is 2. The summed E-state index contributed by atoms with van der Waals surface area (Å²) in [5, 5.41) is 0. The summed E-state index contributed by atoms with van der Waals surface area (Å²) >= 11 is 3.61. The lowest BCUT2D eigenvalue weighted by molar-refractivity contribution is -0.135. The SMILES string of the molecule is CCOC1=CCC2(Cc3ccccc3)C(=O)C(Br)CCC2C1. The maximum absolute atomic E-state index is 13.0. The minimum Gasteiger partial charge on any atom is -0.499 e. The molecule has 0 bridgehead atoms. The Morgan fingerprint density at radius 2 is 2.05 bits per heavy atom. The lowest BCUT2D eigenvalue weighted by Crippen LogP contribution is -2.49. The summed E-state index contributed by atoms with van der Waals surface area (Å²) in [7, 11) is 0. The summed E-state index contributed by atoms with van der Waals surface area (Å²) in [6.45, 7) is 2.73. The molecule has 0 heterocycles. The van der Waals surface area contributed by atoms with Crippen LogP contribution in [-0.4, -0.2) is 17.2 Å². The molecule has 1 aromatic rings. The molecule has 0 N–H and O–H groups in total. The van der Waals surface area contributed by atoms with Gasteiger partial charge in [-0.1, -0.05) is 46.3 Å². The average molecular weight is 363 g/mol. The second-order valence-corrected chi connectivity index (χ2v) is 7.54. The van der Waals surface area contributed by atoms with Crippen molar-refractivity contribution in [1.82, 2.24) is 0 Å². The number of rotatable bonds is 4. The predicted molar refractivity (Wildman–Crippen MR) is 92.0 cm³/mol. The van der Waals surface area contributed by atoms with Gasteiger partial charge >= 0.3 is 0 Å². The lowest BCUT2D eigenvalue weighted by atomic mass is 9.58. The van der Waals surface area contributed by atoms with E-state index in [0.717, 1.165) is 37.9 Å². The van der Waals surface area contributed by atoms with Crippen LogP contribution in [0.5, 0.6) is 0 Å². The van der Waals surface area contributed by atoms with E-state index in [9.17, 15) is 4.79 Å². The van der Waals surface area contributed by atoms with Gasteiger partial charge in [0.05, 0.1) is 17.2 Å². The average Bonchev–Trinajstić information content (AvgIpc) is 2.54. The molecule has 1 aromatic carbocycles. The summed E-state index contributed by atoms with van der Waals surface area (Å²) in [4.78, 5) is 13.0. The number of Topliss-reactive ketones (excluding diaryl/α,β-unsaturated/α-hetero) is 1. The van der Waals surface area contributed by atoms with E-state index in [1.54, 1.807) is 0 Å². The molecule has 0 saturated heterocycles. The number of halogens is 1. The van der Waals surface area contributed by atoms with Gasteiger partial charge in [-0.2, -0.15) is 0 Å². The first-order valence-electron chi connectivity index (χ1n) is 8.20. The van der Waals surface area contributed by atoms with Crippen molar-refractivity contribution in [2.24, 2.45) is 11.3 Å². The molecule has 3 heteroatoms. The van der Waals surface area contributed by atoms with Crippen LogP contribution in [0.15, 0.2) is 42.2 Å². The lowest BCUT2D eigenvalue weighted by Gasteiger charge is -2.47. The van der Waals surface area contributed by atoms with E-state index in [-0.39, 0.29) is 10.2 Å². The number of hydrogen-bond donors (Lipinski definition) is 0. The van der Waals surface area contributed by atoms with Gasteiger partial charge in [0.15, 0.2) is 5.78 Å². The second kappa shape index (κ2) is 6.57. The van der Waals surface area contributed by atoms with Crippen molar-refractivity contribution < 1.29 is 9.53 Å². The standard InChI is InChI=1S/C19H23BrO2/c1-2-22-16-10-11-19(13-14-6-4-3-5-7-14)15(12-16)8-9-17(20)18(19)21/h3-7,10,15,17H,2,8-9,11-13H2,1H3. The third-order valence-corrected chi connectivity index (χ3v) is 6.03. The summed E-state index contributed by atoms with van der Waals surface area (Å²) in [5.74, 6) is 1.87. The topological polar surface area (TPSA) is 26.3 Å². The molecule has 3 rings (SSSR count). The van der Waals surface area contributed by atoms with Crippen LogP contribution in [0.25, 0.3) is 0 Å². The van der Waals surface area contributed by atoms with Crippen molar-refractivity contribution in [2.75, 3.05) is 6.61 Å². The number of benzene rings is 1. The van der Waals surface area contributed by atoms with E-state index < -0.39 is 0 Å². The Kier molecular flexibility index (Phi) is 4.72. The Hall–Kier alpha value is -1.09. The molecule has 2 nitrogen and oxygen atoms in total. The van der Waals surface area contributed by atoms with Gasteiger partial charge in [-0.3, -0.25) is 4.79 Å². The van der Waals surface area contributed by atoms with Gasteiger partial charge in [0.1, 0.15) is 0 Å². The number of alkyl halides is 1. The molecule has 0 amide bonds. The molecule has 22 heavy (non-hydrogen) atoms. The van der Waals surface area contributed by atoms with E-state index in [0.29, 0.717) is 18.3 Å². The first kappa shape index (κ1) is 15.8. The maximum atomic E-state index is 13.0. The van der Waals surface area contributed by atoms with Crippen molar-refractivity contribution in [3.63, 3.8) is 0 Å². The molecule has 1 saturated carbocycles. The normalized spacial score (nSPS) is 31.4. The Labute approximate surface area is 141 Å². The van der Waals surface area contributed by atoms with E-state index in [1.165, 1.54) is 5.56 Å². The third-order valence-electron chi connectivity index (χ3n) is 5.16. The van der Waals surface area contributed by atoms with Crippen LogP contribution in [0.3, 0.4) is 0 Å². The highest BCUT2D eigenvalue weighted by Crippen LogP contribution is 2.51. The van der Waals surface area contributed by atoms with E-state index in [2.05, 4.69) is 46.3 Å². The van der Waals surface area contributed by atoms with Crippen molar-refractivity contribution in [3.05, 3.63) is 47.7 Å². The number of ketones is 1. The molecule has 0 aliphatic heterocycles. The minimum atomic E-state index is -0.256. The molecule has 2 aliphatic carbocycles. The third kappa shape index (κ3) is 2.88. The molecule has 1 fully saturated rings. The second-order valence-electron chi connectivity index (χ2n) is 6.44. The van der Waals surface area contributed by atoms with E-state index in [1.807, 2.05) is 13.0 Å². The summed E-state index contributed by atoms with van der Waals surface area (Å²) < 4.78 is 5.73. The Morgan fingerprint density at radius 3 is 2.77 bits per heavy atom. The zero-order valence-corrected chi connectivity index (χ0v) is 14.6. The van der Waals surface area contributed by atoms with Crippen LogP contribution >= 0.6 is 15.9 Å². The first-order valence-corrected chi connectivity index (χ1v) is 9.11. The Balaban J connectivity index is 1.92. The highest BCUT2D eigenvalue weighted by atomic mass is 79.9. The number of carbonyl (C=O) groups excluding carboxylic acids is 1. The van der Waals surface area contributed by atoms with Crippen LogP contribution in [0.1, 0.15) is 38.2 Å². The van der Waals surface area contributed by atoms with Gasteiger partial charge in [-0.05, 0) is 50.2 Å². The molecular weight excluding hydrogens is 340 g/mol. The Morgan fingerprint density at radius 1 is 1.27 bits per heavy atom. The molecule has 2 aliphatic rings. The van der Waals surface area contributed by atoms with Crippen LogP contribution in [0.2, 0.25) is 0 Å². The quantitative estimate of drug-likeness (QED) is 0.727. The van der Waals surface area contributed by atoms with Crippen LogP contribution in [-0.2, 0) is 16.0 Å². The largest absolute Gasteiger partial charge is 0.499 e. The van der Waals surface area contributed by atoms with Gasteiger partial charge in [-0.15, -0.1) is 0 Å². The van der Waals surface area contributed by atoms with Gasteiger partial charge in [0, 0.05) is 11.8 Å². The molecule has 3 atom stereocenters. The van der Waals surface area contributed by atoms with Crippen LogP contribution in [0.4, 0.5) is 0 Å². The smallest absolute Gasteiger partial charge is 0.153 e. The zero-order chi connectivity index (χ0) is 15.6. The fourth-order valence-electron chi connectivity index (χ4n) is 4.02. The van der Waals surface area contributed by atoms with E-state index >= 15 is 0 Å². The highest BCUT2D eigenvalue weighted by Gasteiger charge is 2.51. The number of fused-ring (bicyclic) bond motifs is 1. The molecule has 118 valence electrons. The first-order chi connectivity index (χ1) is 10.7. The summed E-state index contributed by atoms with van der Waals surface area (Å²) in [6.07, 6.45) is 6.76. The van der Waals surface area contributed by atoms with Crippen molar-refractivity contribution in [3.8, 4) is 0 Å². The van der Waals surface area contributed by atoms with Gasteiger partial charge < -0.3 is 4.74 Å². The summed E-state index contributed by atoms with van der Waals surface area (Å²) in [6, 6.07) is 10.4. The molecular formula is C19H23BrO2. The minimum absolute atomic E-state index is 0.00880. The predicted octanol–water partition coefficient (Wildman–Crippen LogP) is 4.67. The molecule has 0 aromatic heterocycles. The van der Waals surface area contributed by atoms with Crippen LogP contribution in [0, 0.1) is 11.3 Å². The molecule has 3 unspecified atom stereocenters. The monoisotopic (exact) mass is 362 g/mol. The molecule has 0 radical (unpaired) electrons. The van der Waals surface area contributed by atoms with Crippen molar-refractivity contribution >= 4 is 21.7 Å².